The van der Waals surface area contributed by atoms with Crippen molar-refractivity contribution in [3.8, 4) is 0 Å². The minimum atomic E-state index is -0.254. The van der Waals surface area contributed by atoms with Gasteiger partial charge in [0.1, 0.15) is 5.58 Å². The maximum atomic E-state index is 12.0. The summed E-state index contributed by atoms with van der Waals surface area (Å²) in [5.74, 6) is 0. The molecule has 0 amide bonds. The van der Waals surface area contributed by atoms with Gasteiger partial charge in [-0.25, -0.2) is 4.79 Å². The van der Waals surface area contributed by atoms with Crippen molar-refractivity contribution in [2.75, 3.05) is 0 Å². The molecule has 3 rings (SSSR count). The van der Waals surface area contributed by atoms with Gasteiger partial charge in [-0.2, -0.15) is 0 Å². The molecular weight excluding hydrogens is 236 g/mol. The number of hydrogen-bond acceptors (Lipinski definition) is 2. The molecule has 96 valence electrons. The molecule has 0 saturated heterocycles. The van der Waals surface area contributed by atoms with Gasteiger partial charge in [0, 0.05) is 10.8 Å². The highest BCUT2D eigenvalue weighted by Gasteiger charge is 2.07. The van der Waals surface area contributed by atoms with Crippen LogP contribution in [0.1, 0.15) is 25.3 Å². The predicted octanol–water partition coefficient (Wildman–Crippen LogP) is 4.29. The Labute approximate surface area is 111 Å². The Kier molecular flexibility index (Phi) is 3.08. The third-order valence-electron chi connectivity index (χ3n) is 3.50. The third kappa shape index (κ3) is 2.14. The summed E-state index contributed by atoms with van der Waals surface area (Å²) in [7, 11) is 0. The number of para-hydroxylation sites is 1. The van der Waals surface area contributed by atoms with E-state index in [1.807, 2.05) is 36.4 Å². The van der Waals surface area contributed by atoms with Crippen LogP contribution >= 0.6 is 0 Å². The van der Waals surface area contributed by atoms with Crippen LogP contribution in [0.25, 0.3) is 21.7 Å². The van der Waals surface area contributed by atoms with Gasteiger partial charge in [-0.05, 0) is 30.5 Å². The van der Waals surface area contributed by atoms with Crippen molar-refractivity contribution >= 4 is 21.7 Å². The first kappa shape index (κ1) is 12.0. The molecule has 0 radical (unpaired) electrons. The lowest BCUT2D eigenvalue weighted by molar-refractivity contribution is 0.569. The van der Waals surface area contributed by atoms with Crippen LogP contribution in [0.4, 0.5) is 0 Å². The first-order valence-corrected chi connectivity index (χ1v) is 6.74. The molecule has 0 aliphatic carbocycles. The smallest absolute Gasteiger partial charge is 0.344 e. The molecule has 0 N–H and O–H groups in total. The molecule has 2 nitrogen and oxygen atoms in total. The Morgan fingerprint density at radius 1 is 1.00 bits per heavy atom. The fraction of sp³-hybridized carbons (Fsp3) is 0.235. The number of benzene rings is 2. The zero-order valence-electron chi connectivity index (χ0n) is 11.0. The summed E-state index contributed by atoms with van der Waals surface area (Å²) in [5, 5.41) is 2.68. The Bertz CT molecular complexity index is 784. The van der Waals surface area contributed by atoms with Crippen LogP contribution < -0.4 is 5.63 Å². The van der Waals surface area contributed by atoms with E-state index in [1.165, 1.54) is 18.4 Å². The summed E-state index contributed by atoms with van der Waals surface area (Å²) in [5.41, 5.74) is 1.69. The molecule has 0 aliphatic heterocycles. The van der Waals surface area contributed by atoms with E-state index in [9.17, 15) is 4.79 Å². The first-order chi connectivity index (χ1) is 9.29. The zero-order chi connectivity index (χ0) is 13.2. The Morgan fingerprint density at radius 2 is 1.84 bits per heavy atom. The number of aryl methyl sites for hydroxylation is 1. The minimum Gasteiger partial charge on any atom is -0.422 e. The van der Waals surface area contributed by atoms with Crippen LogP contribution in [-0.2, 0) is 6.42 Å². The topological polar surface area (TPSA) is 30.2 Å². The van der Waals surface area contributed by atoms with Gasteiger partial charge in [0.05, 0.1) is 5.39 Å². The van der Waals surface area contributed by atoms with Crippen molar-refractivity contribution in [1.82, 2.24) is 0 Å². The molecule has 19 heavy (non-hydrogen) atoms. The number of unbranched alkanes of at least 4 members (excludes halogenated alkanes) is 1. The fourth-order valence-electron chi connectivity index (χ4n) is 2.46. The van der Waals surface area contributed by atoms with Gasteiger partial charge in [-0.3, -0.25) is 0 Å². The van der Waals surface area contributed by atoms with Crippen LogP contribution in [0, 0.1) is 0 Å². The van der Waals surface area contributed by atoms with Gasteiger partial charge in [-0.15, -0.1) is 0 Å². The average Bonchev–Trinajstić information content (AvgIpc) is 2.45. The lowest BCUT2D eigenvalue weighted by Crippen LogP contribution is -2.00. The molecule has 2 heteroatoms. The quantitative estimate of drug-likeness (QED) is 0.514. The Balaban J connectivity index is 2.29. The van der Waals surface area contributed by atoms with Crippen LogP contribution in [0.5, 0.6) is 0 Å². The van der Waals surface area contributed by atoms with E-state index in [4.69, 9.17) is 4.42 Å². The van der Waals surface area contributed by atoms with Crippen molar-refractivity contribution in [1.29, 1.82) is 0 Å². The molecule has 3 aromatic rings. The van der Waals surface area contributed by atoms with E-state index in [0.29, 0.717) is 11.0 Å². The highest BCUT2D eigenvalue weighted by Crippen LogP contribution is 2.24. The second-order valence-electron chi connectivity index (χ2n) is 4.87. The average molecular weight is 252 g/mol. The van der Waals surface area contributed by atoms with Crippen molar-refractivity contribution in [2.24, 2.45) is 0 Å². The van der Waals surface area contributed by atoms with E-state index >= 15 is 0 Å². The van der Waals surface area contributed by atoms with Crippen molar-refractivity contribution in [3.05, 3.63) is 58.4 Å². The molecule has 0 aliphatic rings. The maximum Gasteiger partial charge on any atom is 0.344 e. The number of fused-ring (bicyclic) bond motifs is 3. The fourth-order valence-corrected chi connectivity index (χ4v) is 2.46. The van der Waals surface area contributed by atoms with Crippen molar-refractivity contribution in [2.45, 2.75) is 26.2 Å². The van der Waals surface area contributed by atoms with E-state index in [0.717, 1.165) is 17.2 Å². The van der Waals surface area contributed by atoms with Gasteiger partial charge in [-0.1, -0.05) is 43.7 Å². The molecule has 0 fully saturated rings. The summed E-state index contributed by atoms with van der Waals surface area (Å²) < 4.78 is 5.34. The molecular formula is C17H16O2. The van der Waals surface area contributed by atoms with E-state index in [1.54, 1.807) is 0 Å². The largest absolute Gasteiger partial charge is 0.422 e. The minimum absolute atomic E-state index is 0.254. The van der Waals surface area contributed by atoms with Crippen LogP contribution in [0.15, 0.2) is 51.7 Å². The van der Waals surface area contributed by atoms with Gasteiger partial charge in [0.25, 0.3) is 0 Å². The highest BCUT2D eigenvalue weighted by molar-refractivity contribution is 6.04. The van der Waals surface area contributed by atoms with Gasteiger partial charge in [0.2, 0.25) is 0 Å². The summed E-state index contributed by atoms with van der Waals surface area (Å²) in [6.45, 7) is 2.19. The van der Waals surface area contributed by atoms with Crippen molar-refractivity contribution < 1.29 is 4.42 Å². The Hall–Kier alpha value is -2.09. The monoisotopic (exact) mass is 252 g/mol. The van der Waals surface area contributed by atoms with Gasteiger partial charge >= 0.3 is 5.63 Å². The maximum absolute atomic E-state index is 12.0. The van der Waals surface area contributed by atoms with Gasteiger partial charge in [0.15, 0.2) is 0 Å². The summed E-state index contributed by atoms with van der Waals surface area (Å²) in [4.78, 5) is 12.0. The van der Waals surface area contributed by atoms with Gasteiger partial charge < -0.3 is 4.42 Å². The van der Waals surface area contributed by atoms with Crippen LogP contribution in [0.2, 0.25) is 0 Å². The van der Waals surface area contributed by atoms with Crippen molar-refractivity contribution in [3.63, 3.8) is 0 Å². The molecule has 1 aromatic heterocycles. The molecule has 0 saturated carbocycles. The van der Waals surface area contributed by atoms with E-state index < -0.39 is 0 Å². The van der Waals surface area contributed by atoms with E-state index in [-0.39, 0.29) is 5.63 Å². The second kappa shape index (κ2) is 4.88. The summed E-state index contributed by atoms with van der Waals surface area (Å²) in [6, 6.07) is 13.8. The van der Waals surface area contributed by atoms with Crippen LogP contribution in [0.3, 0.4) is 0 Å². The number of hydrogen-bond donors (Lipinski definition) is 0. The summed E-state index contributed by atoms with van der Waals surface area (Å²) in [6.07, 6.45) is 3.40. The lowest BCUT2D eigenvalue weighted by Gasteiger charge is -2.05. The molecule has 0 bridgehead atoms. The van der Waals surface area contributed by atoms with E-state index in [2.05, 4.69) is 13.0 Å². The number of rotatable bonds is 3. The lowest BCUT2D eigenvalue weighted by atomic mass is 10.0. The SMILES string of the molecule is CCCCc1ccc2c(=O)oc3ccccc3c2c1. The summed E-state index contributed by atoms with van der Waals surface area (Å²) >= 11 is 0. The first-order valence-electron chi connectivity index (χ1n) is 6.74. The standard InChI is InChI=1S/C17H16O2/c1-2-3-6-12-9-10-14-15(11-12)13-7-4-5-8-16(13)19-17(14)18/h4-5,7-11H,2-3,6H2,1H3. The molecule has 1 heterocycles. The molecule has 2 aromatic carbocycles. The molecule has 0 unspecified atom stereocenters. The molecule has 0 atom stereocenters. The zero-order valence-corrected chi connectivity index (χ0v) is 11.0. The third-order valence-corrected chi connectivity index (χ3v) is 3.50. The van der Waals surface area contributed by atoms with Crippen LogP contribution in [-0.4, -0.2) is 0 Å². The normalized spacial score (nSPS) is 11.2. The Morgan fingerprint density at radius 3 is 2.68 bits per heavy atom. The molecule has 0 spiro atoms. The highest BCUT2D eigenvalue weighted by atomic mass is 16.4. The second-order valence-corrected chi connectivity index (χ2v) is 4.87. The predicted molar refractivity (Wildman–Crippen MR) is 78.6 cm³/mol.